The van der Waals surface area contributed by atoms with Crippen molar-refractivity contribution in [2.24, 2.45) is 0 Å². The van der Waals surface area contributed by atoms with Gasteiger partial charge in [0.1, 0.15) is 0 Å². The third-order valence-corrected chi connectivity index (χ3v) is 3.68. The summed E-state index contributed by atoms with van der Waals surface area (Å²) in [6.45, 7) is 3.58. The van der Waals surface area contributed by atoms with Gasteiger partial charge in [0.05, 0.1) is 13.2 Å². The summed E-state index contributed by atoms with van der Waals surface area (Å²) in [5.41, 5.74) is 4.13. The normalized spacial score (nSPS) is 22.9. The van der Waals surface area contributed by atoms with Crippen molar-refractivity contribution in [3.05, 3.63) is 33.8 Å². The summed E-state index contributed by atoms with van der Waals surface area (Å²) in [7, 11) is 0. The van der Waals surface area contributed by atoms with Crippen LogP contribution in [0.3, 0.4) is 0 Å². The number of hydrogen-bond acceptors (Lipinski definition) is 2. The van der Waals surface area contributed by atoms with Crippen LogP contribution in [-0.2, 0) is 17.8 Å². The molecule has 2 aliphatic heterocycles. The van der Waals surface area contributed by atoms with Crippen LogP contribution in [0.2, 0.25) is 5.02 Å². The third-order valence-electron chi connectivity index (χ3n) is 3.33. The van der Waals surface area contributed by atoms with E-state index in [1.54, 1.807) is 0 Å². The molecule has 4 heteroatoms. The summed E-state index contributed by atoms with van der Waals surface area (Å²) in [6, 6.07) is 4.18. The molecule has 0 spiro atoms. The molecule has 2 heterocycles. The molecule has 0 radical (unpaired) electrons. The molecule has 2 aliphatic rings. The number of halogens is 2. The second kappa shape index (κ2) is 4.92. The van der Waals surface area contributed by atoms with E-state index in [-0.39, 0.29) is 12.4 Å². The molecule has 0 bridgehead atoms. The molecule has 0 aliphatic carbocycles. The van der Waals surface area contributed by atoms with Crippen LogP contribution in [0.4, 0.5) is 0 Å². The maximum absolute atomic E-state index is 6.21. The van der Waals surface area contributed by atoms with Crippen LogP contribution in [0.25, 0.3) is 0 Å². The van der Waals surface area contributed by atoms with E-state index >= 15 is 0 Å². The molecular weight excluding hydrogens is 245 g/mol. The summed E-state index contributed by atoms with van der Waals surface area (Å²) in [5, 5.41) is 4.31. The van der Waals surface area contributed by atoms with Gasteiger partial charge in [-0.15, -0.1) is 12.4 Å². The first-order valence-electron chi connectivity index (χ1n) is 5.45. The Morgan fingerprint density at radius 1 is 1.38 bits per heavy atom. The van der Waals surface area contributed by atoms with E-state index in [1.165, 1.54) is 16.7 Å². The van der Waals surface area contributed by atoms with Gasteiger partial charge in [0.25, 0.3) is 0 Å². The van der Waals surface area contributed by atoms with Crippen molar-refractivity contribution in [2.75, 3.05) is 19.7 Å². The number of nitrogens with one attached hydrogen (secondary N) is 1. The minimum Gasteiger partial charge on any atom is -0.376 e. The molecule has 0 aromatic heterocycles. The molecule has 3 rings (SSSR count). The number of ether oxygens (including phenoxy) is 1. The molecule has 2 nitrogen and oxygen atoms in total. The van der Waals surface area contributed by atoms with Crippen molar-refractivity contribution in [2.45, 2.75) is 18.9 Å². The lowest BCUT2D eigenvalue weighted by Crippen LogP contribution is -2.26. The highest BCUT2D eigenvalue weighted by Gasteiger charge is 2.26. The maximum Gasteiger partial charge on any atom is 0.0734 e. The zero-order valence-corrected chi connectivity index (χ0v) is 10.5. The van der Waals surface area contributed by atoms with Crippen LogP contribution in [0.15, 0.2) is 12.1 Å². The Morgan fingerprint density at radius 2 is 2.25 bits per heavy atom. The fourth-order valence-electron chi connectivity index (χ4n) is 2.61. The van der Waals surface area contributed by atoms with Crippen molar-refractivity contribution in [1.29, 1.82) is 0 Å². The predicted molar refractivity (Wildman–Crippen MR) is 67.7 cm³/mol. The van der Waals surface area contributed by atoms with Crippen LogP contribution >= 0.6 is 24.0 Å². The Labute approximate surface area is 107 Å². The summed E-state index contributed by atoms with van der Waals surface area (Å²) < 4.78 is 5.60. The van der Waals surface area contributed by atoms with Gasteiger partial charge in [-0.25, -0.2) is 0 Å². The molecular formula is C12H15Cl2NO. The highest BCUT2D eigenvalue weighted by molar-refractivity contribution is 6.31. The lowest BCUT2D eigenvalue weighted by atomic mass is 9.88. The lowest BCUT2D eigenvalue weighted by Gasteiger charge is -2.27. The van der Waals surface area contributed by atoms with Gasteiger partial charge in [-0.05, 0) is 30.2 Å². The summed E-state index contributed by atoms with van der Waals surface area (Å²) in [6.07, 6.45) is 1.11. The minimum atomic E-state index is 0. The fourth-order valence-corrected chi connectivity index (χ4v) is 2.83. The molecule has 88 valence electrons. The number of benzene rings is 1. The molecule has 1 unspecified atom stereocenters. The monoisotopic (exact) mass is 259 g/mol. The Hall–Kier alpha value is -0.280. The Balaban J connectivity index is 0.000000963. The topological polar surface area (TPSA) is 21.3 Å². The van der Waals surface area contributed by atoms with E-state index in [0.29, 0.717) is 12.5 Å². The first kappa shape index (κ1) is 12.2. The maximum atomic E-state index is 6.21. The van der Waals surface area contributed by atoms with E-state index in [2.05, 4.69) is 11.4 Å². The van der Waals surface area contributed by atoms with E-state index < -0.39 is 0 Å². The van der Waals surface area contributed by atoms with Gasteiger partial charge < -0.3 is 10.1 Å². The average Bonchev–Trinajstić information content (AvgIpc) is 2.47. The standard InChI is InChI=1S/C12H14ClNO.ClH/c13-11-2-1-8-3-4-14-5-9-6-15-7-10(11)12(8)9;/h1-2,9,14H,3-7H2;1H. The van der Waals surface area contributed by atoms with Gasteiger partial charge in [-0.1, -0.05) is 17.7 Å². The van der Waals surface area contributed by atoms with E-state index in [0.717, 1.165) is 31.1 Å². The van der Waals surface area contributed by atoms with Gasteiger partial charge in [-0.2, -0.15) is 0 Å². The summed E-state index contributed by atoms with van der Waals surface area (Å²) in [4.78, 5) is 0. The first-order chi connectivity index (χ1) is 7.36. The second-order valence-corrected chi connectivity index (χ2v) is 4.67. The van der Waals surface area contributed by atoms with Gasteiger partial charge in [-0.3, -0.25) is 0 Å². The fraction of sp³-hybridized carbons (Fsp3) is 0.500. The Bertz CT molecular complexity index is 395. The quantitative estimate of drug-likeness (QED) is 0.774. The first-order valence-corrected chi connectivity index (χ1v) is 5.82. The van der Waals surface area contributed by atoms with Gasteiger partial charge in [0, 0.05) is 23.0 Å². The summed E-state index contributed by atoms with van der Waals surface area (Å²) >= 11 is 6.21. The average molecular weight is 260 g/mol. The Kier molecular flexibility index (Phi) is 3.75. The molecule has 1 aromatic rings. The van der Waals surface area contributed by atoms with Crippen molar-refractivity contribution >= 4 is 24.0 Å². The van der Waals surface area contributed by atoms with Crippen LogP contribution in [0.5, 0.6) is 0 Å². The number of rotatable bonds is 0. The molecule has 1 atom stereocenters. The smallest absolute Gasteiger partial charge is 0.0734 e. The van der Waals surface area contributed by atoms with Crippen LogP contribution in [0, 0.1) is 0 Å². The minimum absolute atomic E-state index is 0. The lowest BCUT2D eigenvalue weighted by molar-refractivity contribution is 0.0914. The van der Waals surface area contributed by atoms with Gasteiger partial charge in [0.15, 0.2) is 0 Å². The zero-order valence-electron chi connectivity index (χ0n) is 8.96. The van der Waals surface area contributed by atoms with Crippen LogP contribution in [0.1, 0.15) is 22.6 Å². The van der Waals surface area contributed by atoms with Crippen molar-refractivity contribution < 1.29 is 4.74 Å². The van der Waals surface area contributed by atoms with Gasteiger partial charge >= 0.3 is 0 Å². The van der Waals surface area contributed by atoms with Crippen LogP contribution < -0.4 is 5.32 Å². The number of hydrogen-bond donors (Lipinski definition) is 1. The molecule has 1 N–H and O–H groups in total. The molecule has 0 fully saturated rings. The van der Waals surface area contributed by atoms with Gasteiger partial charge in [0.2, 0.25) is 0 Å². The zero-order chi connectivity index (χ0) is 10.3. The molecule has 0 saturated carbocycles. The third kappa shape index (κ3) is 1.95. The van der Waals surface area contributed by atoms with E-state index in [4.69, 9.17) is 16.3 Å². The highest BCUT2D eigenvalue weighted by Crippen LogP contribution is 2.35. The van der Waals surface area contributed by atoms with E-state index in [9.17, 15) is 0 Å². The Morgan fingerprint density at radius 3 is 3.12 bits per heavy atom. The highest BCUT2D eigenvalue weighted by atomic mass is 35.5. The SMILES string of the molecule is Cl.Clc1ccc2c3c1COCC3CNCC2. The van der Waals surface area contributed by atoms with Crippen molar-refractivity contribution in [1.82, 2.24) is 5.32 Å². The predicted octanol–water partition coefficient (Wildman–Crippen LogP) is 2.52. The van der Waals surface area contributed by atoms with Crippen molar-refractivity contribution in [3.63, 3.8) is 0 Å². The molecule has 1 aromatic carbocycles. The largest absolute Gasteiger partial charge is 0.376 e. The second-order valence-electron chi connectivity index (χ2n) is 4.26. The molecule has 0 amide bonds. The van der Waals surface area contributed by atoms with E-state index in [1.807, 2.05) is 6.07 Å². The molecule has 0 saturated heterocycles. The van der Waals surface area contributed by atoms with Crippen LogP contribution in [-0.4, -0.2) is 19.7 Å². The molecule has 16 heavy (non-hydrogen) atoms. The summed E-state index contributed by atoms with van der Waals surface area (Å²) in [5.74, 6) is 0.491. The van der Waals surface area contributed by atoms with Crippen molar-refractivity contribution in [3.8, 4) is 0 Å².